The van der Waals surface area contributed by atoms with Crippen LogP contribution in [0.3, 0.4) is 0 Å². The third-order valence-electron chi connectivity index (χ3n) is 2.10. The van der Waals surface area contributed by atoms with Gasteiger partial charge in [-0.25, -0.2) is 18.2 Å². The maximum Gasteiger partial charge on any atom is 0.371 e. The van der Waals surface area contributed by atoms with Gasteiger partial charge in [0.1, 0.15) is 5.75 Å². The number of carboxylic acids is 1. The van der Waals surface area contributed by atoms with Crippen molar-refractivity contribution in [2.45, 2.75) is 17.8 Å². The molecule has 0 aliphatic carbocycles. The Labute approximate surface area is 107 Å². The molecular weight excluding hydrogens is 278 g/mol. The summed E-state index contributed by atoms with van der Waals surface area (Å²) in [5.41, 5.74) is 0.422. The Balaban J connectivity index is 2.27. The molecule has 2 rings (SSSR count). The van der Waals surface area contributed by atoms with Crippen molar-refractivity contribution in [3.05, 3.63) is 34.0 Å². The highest BCUT2D eigenvalue weighted by Gasteiger charge is 2.22. The molecule has 0 amide bonds. The lowest BCUT2D eigenvalue weighted by Crippen LogP contribution is -2.04. The lowest BCUT2D eigenvalue weighted by atomic mass is 10.5. The molecular formula is C10H9NO5S2. The van der Waals surface area contributed by atoms with E-state index >= 15 is 0 Å². The molecule has 6 nitrogen and oxygen atoms in total. The first kappa shape index (κ1) is 12.8. The molecule has 0 bridgehead atoms. The van der Waals surface area contributed by atoms with Crippen LogP contribution >= 0.6 is 11.3 Å². The van der Waals surface area contributed by atoms with Gasteiger partial charge in [-0.2, -0.15) is 0 Å². The van der Waals surface area contributed by atoms with Crippen molar-refractivity contribution >= 4 is 27.1 Å². The van der Waals surface area contributed by atoms with E-state index in [9.17, 15) is 13.2 Å². The van der Waals surface area contributed by atoms with Gasteiger partial charge < -0.3 is 9.52 Å². The van der Waals surface area contributed by atoms with Crippen LogP contribution in [0.1, 0.15) is 21.3 Å². The molecule has 0 radical (unpaired) electrons. The van der Waals surface area contributed by atoms with E-state index in [1.165, 1.54) is 11.3 Å². The van der Waals surface area contributed by atoms with E-state index in [0.717, 1.165) is 17.1 Å². The van der Waals surface area contributed by atoms with Crippen LogP contribution in [0.4, 0.5) is 0 Å². The Hall–Kier alpha value is -1.67. The molecule has 0 aliphatic rings. The van der Waals surface area contributed by atoms with Crippen molar-refractivity contribution in [2.75, 3.05) is 0 Å². The number of hydrogen-bond acceptors (Lipinski definition) is 6. The third kappa shape index (κ3) is 2.59. The average Bonchev–Trinajstić information content (AvgIpc) is 2.86. The minimum absolute atomic E-state index is 0.302. The molecule has 0 unspecified atom stereocenters. The molecule has 0 fully saturated rings. The normalized spacial score (nSPS) is 11.6. The van der Waals surface area contributed by atoms with Crippen LogP contribution in [-0.4, -0.2) is 24.5 Å². The predicted molar refractivity (Wildman–Crippen MR) is 63.4 cm³/mol. The maximum absolute atomic E-state index is 11.9. The number of hydrogen-bond donors (Lipinski definition) is 1. The lowest BCUT2D eigenvalue weighted by Gasteiger charge is -1.97. The zero-order valence-corrected chi connectivity index (χ0v) is 10.9. The first-order valence-electron chi connectivity index (χ1n) is 4.85. The fraction of sp³-hybridized carbons (Fsp3) is 0.200. The molecule has 0 spiro atoms. The second-order valence-electron chi connectivity index (χ2n) is 3.54. The van der Waals surface area contributed by atoms with Gasteiger partial charge in [0.15, 0.2) is 0 Å². The smallest absolute Gasteiger partial charge is 0.371 e. The molecule has 2 heterocycles. The van der Waals surface area contributed by atoms with Crippen molar-refractivity contribution in [1.82, 2.24) is 4.98 Å². The Morgan fingerprint density at radius 2 is 2.22 bits per heavy atom. The van der Waals surface area contributed by atoms with Gasteiger partial charge in [0.2, 0.25) is 20.7 Å². The number of furan rings is 1. The van der Waals surface area contributed by atoms with Crippen molar-refractivity contribution in [2.24, 2.45) is 0 Å². The maximum atomic E-state index is 11.9. The standard InChI is InChI=1S/C10H9NO5S2/c1-6-11-7(4-17-6)5-18(14,15)9-3-2-8(16-9)10(12)13/h2-4H,5H2,1H3,(H,12,13). The molecule has 8 heteroatoms. The highest BCUT2D eigenvalue weighted by molar-refractivity contribution is 7.90. The average molecular weight is 287 g/mol. The summed E-state index contributed by atoms with van der Waals surface area (Å²) >= 11 is 1.35. The van der Waals surface area contributed by atoms with Gasteiger partial charge in [-0.05, 0) is 19.1 Å². The third-order valence-corrected chi connectivity index (χ3v) is 4.43. The number of aromatic nitrogens is 1. The molecule has 2 aromatic heterocycles. The topological polar surface area (TPSA) is 97.5 Å². The van der Waals surface area contributed by atoms with Crippen LogP contribution in [0.2, 0.25) is 0 Å². The zero-order valence-electron chi connectivity index (χ0n) is 9.28. The van der Waals surface area contributed by atoms with Crippen LogP contribution in [0.5, 0.6) is 0 Å². The number of carbonyl (C=O) groups is 1. The SMILES string of the molecule is Cc1nc(CS(=O)(=O)c2ccc(C(=O)O)o2)cs1. The largest absolute Gasteiger partial charge is 0.475 e. The van der Waals surface area contributed by atoms with Crippen LogP contribution in [-0.2, 0) is 15.6 Å². The second-order valence-corrected chi connectivity index (χ2v) is 6.52. The number of nitrogens with zero attached hydrogens (tertiary/aromatic N) is 1. The van der Waals surface area contributed by atoms with Crippen molar-refractivity contribution in [3.63, 3.8) is 0 Å². The fourth-order valence-electron chi connectivity index (χ4n) is 1.34. The molecule has 0 atom stereocenters. The Kier molecular flexibility index (Phi) is 3.22. The van der Waals surface area contributed by atoms with Gasteiger partial charge in [-0.15, -0.1) is 11.3 Å². The minimum Gasteiger partial charge on any atom is -0.475 e. The number of aryl methyl sites for hydroxylation is 1. The fourth-order valence-corrected chi connectivity index (χ4v) is 3.23. The summed E-state index contributed by atoms with van der Waals surface area (Å²) in [5, 5.41) is 10.7. The second kappa shape index (κ2) is 4.54. The van der Waals surface area contributed by atoms with Gasteiger partial charge in [0.25, 0.3) is 0 Å². The number of carboxylic acid groups (broad SMARTS) is 1. The van der Waals surface area contributed by atoms with E-state index in [0.29, 0.717) is 5.69 Å². The quantitative estimate of drug-likeness (QED) is 0.919. The van der Waals surface area contributed by atoms with Gasteiger partial charge in [-0.3, -0.25) is 0 Å². The Morgan fingerprint density at radius 1 is 1.50 bits per heavy atom. The summed E-state index contributed by atoms with van der Waals surface area (Å²) in [6.07, 6.45) is 0. The zero-order chi connectivity index (χ0) is 13.3. The van der Waals surface area contributed by atoms with Gasteiger partial charge in [0, 0.05) is 5.38 Å². The predicted octanol–water partition coefficient (Wildman–Crippen LogP) is 1.72. The molecule has 2 aromatic rings. The lowest BCUT2D eigenvalue weighted by molar-refractivity contribution is 0.0656. The molecule has 0 aromatic carbocycles. The van der Waals surface area contributed by atoms with E-state index in [-0.39, 0.29) is 10.8 Å². The van der Waals surface area contributed by atoms with Gasteiger partial charge in [-0.1, -0.05) is 0 Å². The number of rotatable bonds is 4. The van der Waals surface area contributed by atoms with E-state index in [4.69, 9.17) is 9.52 Å². The minimum atomic E-state index is -3.70. The van der Waals surface area contributed by atoms with Gasteiger partial charge in [0.05, 0.1) is 10.7 Å². The summed E-state index contributed by atoms with van der Waals surface area (Å²) in [6, 6.07) is 2.25. The van der Waals surface area contributed by atoms with Crippen molar-refractivity contribution in [3.8, 4) is 0 Å². The monoisotopic (exact) mass is 287 g/mol. The summed E-state index contributed by atoms with van der Waals surface area (Å²) in [5.74, 6) is -2.01. The Bertz CT molecular complexity index is 683. The summed E-state index contributed by atoms with van der Waals surface area (Å²) in [7, 11) is -3.70. The van der Waals surface area contributed by atoms with Crippen LogP contribution in [0.25, 0.3) is 0 Å². The molecule has 96 valence electrons. The highest BCUT2D eigenvalue weighted by atomic mass is 32.2. The van der Waals surface area contributed by atoms with E-state index in [2.05, 4.69) is 4.98 Å². The van der Waals surface area contributed by atoms with Gasteiger partial charge >= 0.3 is 5.97 Å². The van der Waals surface area contributed by atoms with Crippen molar-refractivity contribution < 1.29 is 22.7 Å². The number of thiazole rings is 1. The number of sulfone groups is 1. The van der Waals surface area contributed by atoms with Crippen LogP contribution < -0.4 is 0 Å². The van der Waals surface area contributed by atoms with E-state index in [1.54, 1.807) is 12.3 Å². The molecule has 0 saturated carbocycles. The first-order valence-corrected chi connectivity index (χ1v) is 7.38. The Morgan fingerprint density at radius 3 is 2.72 bits per heavy atom. The highest BCUT2D eigenvalue weighted by Crippen LogP contribution is 2.20. The van der Waals surface area contributed by atoms with Crippen LogP contribution in [0.15, 0.2) is 27.0 Å². The van der Waals surface area contributed by atoms with E-state index in [1.807, 2.05) is 0 Å². The molecule has 18 heavy (non-hydrogen) atoms. The van der Waals surface area contributed by atoms with Crippen molar-refractivity contribution in [1.29, 1.82) is 0 Å². The summed E-state index contributed by atoms with van der Waals surface area (Å²) < 4.78 is 28.6. The first-order chi connectivity index (χ1) is 8.38. The number of aromatic carboxylic acids is 1. The van der Waals surface area contributed by atoms with E-state index < -0.39 is 21.6 Å². The summed E-state index contributed by atoms with van der Waals surface area (Å²) in [6.45, 7) is 1.77. The van der Waals surface area contributed by atoms with Crippen LogP contribution in [0, 0.1) is 6.92 Å². The molecule has 1 N–H and O–H groups in total. The summed E-state index contributed by atoms with van der Waals surface area (Å²) in [4.78, 5) is 14.6. The molecule has 0 aliphatic heterocycles. The molecule has 0 saturated heterocycles.